The molecule has 5 rings (SSSR count). The lowest BCUT2D eigenvalue weighted by molar-refractivity contribution is 0.102. The molecule has 0 saturated carbocycles. The van der Waals surface area contributed by atoms with Crippen LogP contribution in [0.4, 0.5) is 5.69 Å². The molecule has 4 aromatic heterocycles. The molecule has 1 amide bonds. The number of nitrogens with zero attached hydrogens (tertiary/aromatic N) is 7. The molecule has 160 valence electrons. The Bertz CT molecular complexity index is 1390. The number of carbonyl (C=O) groups excluding carboxylic acids is 1. The summed E-state index contributed by atoms with van der Waals surface area (Å²) in [7, 11) is 0. The van der Waals surface area contributed by atoms with Crippen molar-refractivity contribution in [2.75, 3.05) is 5.32 Å². The van der Waals surface area contributed by atoms with Gasteiger partial charge < -0.3 is 5.32 Å². The van der Waals surface area contributed by atoms with E-state index < -0.39 is 0 Å². The minimum atomic E-state index is -0.285. The molecule has 0 radical (unpaired) electrons. The average Bonchev–Trinajstić information content (AvgIpc) is 3.54. The zero-order chi connectivity index (χ0) is 22.1. The summed E-state index contributed by atoms with van der Waals surface area (Å²) < 4.78 is 5.31. The molecule has 0 spiro atoms. The van der Waals surface area contributed by atoms with Gasteiger partial charge in [-0.3, -0.25) is 14.2 Å². The zero-order valence-electron chi connectivity index (χ0n) is 17.8. The summed E-state index contributed by atoms with van der Waals surface area (Å²) in [6.45, 7) is 5.48. The number of aromatic nitrogens is 7. The van der Waals surface area contributed by atoms with Crippen LogP contribution in [-0.2, 0) is 13.1 Å². The van der Waals surface area contributed by atoms with E-state index in [4.69, 9.17) is 0 Å². The largest absolute Gasteiger partial charge is 0.319 e. The van der Waals surface area contributed by atoms with Gasteiger partial charge in [0.05, 0.1) is 36.5 Å². The van der Waals surface area contributed by atoms with Crippen molar-refractivity contribution in [2.45, 2.75) is 26.9 Å². The van der Waals surface area contributed by atoms with Gasteiger partial charge in [-0.25, -0.2) is 9.50 Å². The van der Waals surface area contributed by atoms with Gasteiger partial charge in [-0.2, -0.15) is 15.3 Å². The second kappa shape index (κ2) is 8.10. The number of nitrogens with one attached hydrogen (secondary N) is 1. The molecule has 9 nitrogen and oxygen atoms in total. The van der Waals surface area contributed by atoms with Gasteiger partial charge >= 0.3 is 0 Å². The van der Waals surface area contributed by atoms with Crippen LogP contribution in [0, 0.1) is 6.92 Å². The minimum Gasteiger partial charge on any atom is -0.319 e. The molecule has 5 aromatic rings. The summed E-state index contributed by atoms with van der Waals surface area (Å²) in [6, 6.07) is 10.0. The van der Waals surface area contributed by atoms with Crippen molar-refractivity contribution in [1.82, 2.24) is 34.2 Å². The van der Waals surface area contributed by atoms with Crippen molar-refractivity contribution in [2.24, 2.45) is 0 Å². The maximum absolute atomic E-state index is 12.9. The van der Waals surface area contributed by atoms with E-state index in [2.05, 4.69) is 25.6 Å². The van der Waals surface area contributed by atoms with Crippen LogP contribution in [-0.4, -0.2) is 40.1 Å². The molecule has 0 fully saturated rings. The predicted molar refractivity (Wildman–Crippen MR) is 120 cm³/mol. The van der Waals surface area contributed by atoms with Crippen LogP contribution in [0.2, 0.25) is 0 Å². The number of hydrogen-bond donors (Lipinski definition) is 1. The number of anilines is 1. The maximum atomic E-state index is 12.9. The van der Waals surface area contributed by atoms with Crippen molar-refractivity contribution >= 4 is 17.2 Å². The molecular weight excluding hydrogens is 404 g/mol. The first kappa shape index (κ1) is 19.7. The average molecular weight is 426 g/mol. The minimum absolute atomic E-state index is 0.285. The van der Waals surface area contributed by atoms with E-state index in [9.17, 15) is 4.79 Å². The number of benzene rings is 1. The molecule has 1 N–H and O–H groups in total. The molecular formula is C23H22N8O. The van der Waals surface area contributed by atoms with E-state index in [1.807, 2.05) is 61.3 Å². The van der Waals surface area contributed by atoms with Crippen molar-refractivity contribution in [3.8, 4) is 11.3 Å². The van der Waals surface area contributed by atoms with Crippen LogP contribution < -0.4 is 5.32 Å². The molecule has 0 unspecified atom stereocenters. The zero-order valence-corrected chi connectivity index (χ0v) is 17.8. The quantitative estimate of drug-likeness (QED) is 0.449. The Hall–Kier alpha value is -4.27. The normalized spacial score (nSPS) is 11.2. The van der Waals surface area contributed by atoms with Crippen LogP contribution >= 0.6 is 0 Å². The van der Waals surface area contributed by atoms with Gasteiger partial charge in [0.15, 0.2) is 5.65 Å². The molecule has 32 heavy (non-hydrogen) atoms. The lowest BCUT2D eigenvalue weighted by Crippen LogP contribution is -2.11. The second-order valence-corrected chi connectivity index (χ2v) is 7.57. The summed E-state index contributed by atoms with van der Waals surface area (Å²) in [5.74, 6) is -0.285. The van der Waals surface area contributed by atoms with Gasteiger partial charge in [-0.1, -0.05) is 29.8 Å². The highest BCUT2D eigenvalue weighted by atomic mass is 16.1. The number of aryl methyl sites for hydroxylation is 2. The second-order valence-electron chi connectivity index (χ2n) is 7.57. The molecule has 0 aliphatic rings. The first-order chi connectivity index (χ1) is 15.6. The SMILES string of the molecule is CCn1cc(Cn2cc(NC(=O)c3cnn4c(-c5ccc(C)cc5)ccnc34)cn2)cn1. The fraction of sp³-hybridized carbons (Fsp3) is 0.174. The molecule has 4 heterocycles. The fourth-order valence-corrected chi connectivity index (χ4v) is 3.56. The number of amides is 1. The van der Waals surface area contributed by atoms with Crippen LogP contribution in [0.25, 0.3) is 16.9 Å². The van der Waals surface area contributed by atoms with Crippen molar-refractivity contribution < 1.29 is 4.79 Å². The molecule has 9 heteroatoms. The van der Waals surface area contributed by atoms with E-state index in [-0.39, 0.29) is 5.91 Å². The van der Waals surface area contributed by atoms with E-state index in [1.54, 1.807) is 34.0 Å². The monoisotopic (exact) mass is 426 g/mol. The number of carbonyl (C=O) groups is 1. The van der Waals surface area contributed by atoms with Gasteiger partial charge in [-0.15, -0.1) is 0 Å². The standard InChI is InChI=1S/C23H22N8O/c1-3-29-13-17(10-25-29)14-30-15-19(11-26-30)28-23(32)20-12-27-31-21(8-9-24-22(20)31)18-6-4-16(2)5-7-18/h4-13,15H,3,14H2,1-2H3,(H,28,32). The summed E-state index contributed by atoms with van der Waals surface area (Å²) in [5.41, 5.74) is 5.60. The topological polar surface area (TPSA) is 94.9 Å². The van der Waals surface area contributed by atoms with E-state index in [1.165, 1.54) is 5.56 Å². The summed E-state index contributed by atoms with van der Waals surface area (Å²) in [4.78, 5) is 17.3. The molecule has 0 aliphatic heterocycles. The van der Waals surface area contributed by atoms with Gasteiger partial charge in [0.25, 0.3) is 5.91 Å². The van der Waals surface area contributed by atoms with Crippen molar-refractivity contribution in [3.63, 3.8) is 0 Å². The van der Waals surface area contributed by atoms with E-state index in [0.29, 0.717) is 23.4 Å². The van der Waals surface area contributed by atoms with Gasteiger partial charge in [0.1, 0.15) is 5.56 Å². The van der Waals surface area contributed by atoms with Crippen LogP contribution in [0.1, 0.15) is 28.4 Å². The van der Waals surface area contributed by atoms with Gasteiger partial charge in [0.2, 0.25) is 0 Å². The number of fused-ring (bicyclic) bond motifs is 1. The Kier molecular flexibility index (Phi) is 4.98. The first-order valence-electron chi connectivity index (χ1n) is 10.4. The van der Waals surface area contributed by atoms with E-state index in [0.717, 1.165) is 23.4 Å². The predicted octanol–water partition coefficient (Wildman–Crippen LogP) is 3.42. The highest BCUT2D eigenvalue weighted by molar-refractivity contribution is 6.08. The molecule has 0 atom stereocenters. The molecule has 0 aliphatic carbocycles. The summed E-state index contributed by atoms with van der Waals surface area (Å²) in [5, 5.41) is 15.9. The third-order valence-corrected chi connectivity index (χ3v) is 5.24. The van der Waals surface area contributed by atoms with Crippen molar-refractivity contribution in [3.05, 3.63) is 84.2 Å². The van der Waals surface area contributed by atoms with E-state index >= 15 is 0 Å². The van der Waals surface area contributed by atoms with Crippen LogP contribution in [0.5, 0.6) is 0 Å². The third-order valence-electron chi connectivity index (χ3n) is 5.24. The Balaban J connectivity index is 1.36. The fourth-order valence-electron chi connectivity index (χ4n) is 3.56. The maximum Gasteiger partial charge on any atom is 0.261 e. The van der Waals surface area contributed by atoms with Gasteiger partial charge in [0, 0.05) is 36.3 Å². The Morgan fingerprint density at radius 2 is 1.78 bits per heavy atom. The molecule has 0 bridgehead atoms. The highest BCUT2D eigenvalue weighted by Crippen LogP contribution is 2.22. The molecule has 0 saturated heterocycles. The third kappa shape index (κ3) is 3.76. The van der Waals surface area contributed by atoms with Gasteiger partial charge in [-0.05, 0) is 19.9 Å². The Labute approximate surface area is 184 Å². The van der Waals surface area contributed by atoms with Crippen LogP contribution in [0.3, 0.4) is 0 Å². The summed E-state index contributed by atoms with van der Waals surface area (Å²) in [6.07, 6.45) is 10.4. The summed E-state index contributed by atoms with van der Waals surface area (Å²) >= 11 is 0. The number of hydrogen-bond acceptors (Lipinski definition) is 5. The van der Waals surface area contributed by atoms with Crippen molar-refractivity contribution in [1.29, 1.82) is 0 Å². The molecule has 1 aromatic carbocycles. The smallest absolute Gasteiger partial charge is 0.261 e. The number of rotatable bonds is 6. The lowest BCUT2D eigenvalue weighted by Gasteiger charge is -2.06. The Morgan fingerprint density at radius 1 is 0.969 bits per heavy atom. The highest BCUT2D eigenvalue weighted by Gasteiger charge is 2.17. The van der Waals surface area contributed by atoms with Crippen LogP contribution in [0.15, 0.2) is 67.5 Å². The lowest BCUT2D eigenvalue weighted by atomic mass is 10.1. The Morgan fingerprint density at radius 3 is 2.56 bits per heavy atom. The first-order valence-corrected chi connectivity index (χ1v) is 10.4.